The van der Waals surface area contributed by atoms with E-state index in [1.165, 1.54) is 5.56 Å². The van der Waals surface area contributed by atoms with Gasteiger partial charge in [0, 0.05) is 24.5 Å². The number of rotatable bonds is 9. The fraction of sp³-hybridized carbons (Fsp3) is 0.286. The molecule has 1 unspecified atom stereocenters. The highest BCUT2D eigenvalue weighted by Crippen LogP contribution is 2.21. The Morgan fingerprint density at radius 1 is 1.04 bits per heavy atom. The predicted octanol–water partition coefficient (Wildman–Crippen LogP) is 4.70. The fourth-order valence-corrected chi connectivity index (χ4v) is 2.73. The van der Waals surface area contributed by atoms with Crippen LogP contribution in [-0.2, 0) is 13.0 Å². The highest BCUT2D eigenvalue weighted by molar-refractivity contribution is 5.32. The van der Waals surface area contributed by atoms with Gasteiger partial charge in [0.05, 0.1) is 6.33 Å². The molecule has 1 atom stereocenters. The van der Waals surface area contributed by atoms with E-state index in [1.807, 2.05) is 48.7 Å². The maximum atomic E-state index is 5.83. The molecule has 0 saturated heterocycles. The van der Waals surface area contributed by atoms with Crippen LogP contribution in [0.2, 0.25) is 0 Å². The van der Waals surface area contributed by atoms with Gasteiger partial charge in [0.1, 0.15) is 11.5 Å². The largest absolute Gasteiger partial charge is 0.457 e. The Balaban J connectivity index is 1.38. The van der Waals surface area contributed by atoms with Crippen LogP contribution < -0.4 is 10.1 Å². The maximum absolute atomic E-state index is 5.83. The zero-order chi connectivity index (χ0) is 17.3. The number of ether oxygens (including phenoxy) is 1. The first-order valence-electron chi connectivity index (χ1n) is 8.82. The summed E-state index contributed by atoms with van der Waals surface area (Å²) in [6.45, 7) is 3.07. The van der Waals surface area contributed by atoms with Crippen molar-refractivity contribution < 1.29 is 4.74 Å². The lowest BCUT2D eigenvalue weighted by molar-refractivity contribution is 0.481. The molecule has 0 saturated carbocycles. The second kappa shape index (κ2) is 9.04. The minimum absolute atomic E-state index is 0.490. The molecule has 1 heterocycles. The van der Waals surface area contributed by atoms with Gasteiger partial charge in [-0.05, 0) is 56.0 Å². The zero-order valence-corrected chi connectivity index (χ0v) is 14.6. The van der Waals surface area contributed by atoms with Crippen molar-refractivity contribution in [3.8, 4) is 11.5 Å². The van der Waals surface area contributed by atoms with Gasteiger partial charge in [0.25, 0.3) is 0 Å². The quantitative estimate of drug-likeness (QED) is 0.596. The van der Waals surface area contributed by atoms with Gasteiger partial charge in [-0.2, -0.15) is 0 Å². The molecule has 0 radical (unpaired) electrons. The summed E-state index contributed by atoms with van der Waals surface area (Å²) in [6, 6.07) is 18.8. The minimum Gasteiger partial charge on any atom is -0.457 e. The molecule has 25 heavy (non-hydrogen) atoms. The molecule has 0 aliphatic carbocycles. The molecule has 3 rings (SSSR count). The molecule has 0 bridgehead atoms. The first-order valence-corrected chi connectivity index (χ1v) is 8.82. The van der Waals surface area contributed by atoms with Gasteiger partial charge in [0.2, 0.25) is 0 Å². The molecule has 0 amide bonds. The summed E-state index contributed by atoms with van der Waals surface area (Å²) >= 11 is 0. The summed E-state index contributed by atoms with van der Waals surface area (Å²) in [7, 11) is 0. The summed E-state index contributed by atoms with van der Waals surface area (Å²) in [5, 5.41) is 3.52. The standard InChI is InChI=1S/C21H25N3O/c1-17(23-15-19-14-22-16-24-19)6-5-7-18-10-12-21(13-11-18)25-20-8-3-2-4-9-20/h2-4,8-14,16-17,23H,5-7,15H2,1H3,(H,22,24). The highest BCUT2D eigenvalue weighted by Gasteiger charge is 2.03. The molecule has 4 nitrogen and oxygen atoms in total. The van der Waals surface area contributed by atoms with Crippen LogP contribution in [0, 0.1) is 0 Å². The Morgan fingerprint density at radius 2 is 1.80 bits per heavy atom. The van der Waals surface area contributed by atoms with Crippen LogP contribution in [0.25, 0.3) is 0 Å². The van der Waals surface area contributed by atoms with Crippen LogP contribution in [0.15, 0.2) is 67.1 Å². The number of benzene rings is 2. The number of aromatic nitrogens is 2. The number of hydrogen-bond donors (Lipinski definition) is 2. The molecular weight excluding hydrogens is 310 g/mol. The summed E-state index contributed by atoms with van der Waals surface area (Å²) < 4.78 is 5.83. The average Bonchev–Trinajstić information content (AvgIpc) is 3.16. The van der Waals surface area contributed by atoms with Gasteiger partial charge in [-0.1, -0.05) is 30.3 Å². The number of imidazole rings is 1. The SMILES string of the molecule is CC(CCCc1ccc(Oc2ccccc2)cc1)NCc1cnc[nH]1. The first-order chi connectivity index (χ1) is 12.3. The van der Waals surface area contributed by atoms with Crippen molar-refractivity contribution in [1.82, 2.24) is 15.3 Å². The number of H-pyrrole nitrogens is 1. The van der Waals surface area contributed by atoms with Crippen molar-refractivity contribution in [2.75, 3.05) is 0 Å². The summed E-state index contributed by atoms with van der Waals surface area (Å²) in [5.74, 6) is 1.75. The Morgan fingerprint density at radius 3 is 2.52 bits per heavy atom. The van der Waals surface area contributed by atoms with Crippen molar-refractivity contribution in [3.63, 3.8) is 0 Å². The first kappa shape index (κ1) is 17.2. The Hall–Kier alpha value is -2.59. The average molecular weight is 335 g/mol. The molecule has 0 aliphatic rings. The van der Waals surface area contributed by atoms with Gasteiger partial charge in [-0.15, -0.1) is 0 Å². The van der Waals surface area contributed by atoms with Crippen molar-refractivity contribution in [2.45, 2.75) is 38.8 Å². The van der Waals surface area contributed by atoms with Crippen LogP contribution in [0.3, 0.4) is 0 Å². The second-order valence-corrected chi connectivity index (χ2v) is 6.31. The lowest BCUT2D eigenvalue weighted by Crippen LogP contribution is -2.25. The molecule has 1 aromatic heterocycles. The Labute approximate surface area is 149 Å². The van der Waals surface area contributed by atoms with E-state index in [2.05, 4.69) is 34.3 Å². The van der Waals surface area contributed by atoms with Gasteiger partial charge in [0.15, 0.2) is 0 Å². The molecule has 4 heteroatoms. The van der Waals surface area contributed by atoms with E-state index in [-0.39, 0.29) is 0 Å². The third-order valence-corrected chi connectivity index (χ3v) is 4.20. The lowest BCUT2D eigenvalue weighted by atomic mass is 10.1. The number of aryl methyl sites for hydroxylation is 1. The van der Waals surface area contributed by atoms with Crippen LogP contribution in [-0.4, -0.2) is 16.0 Å². The number of para-hydroxylation sites is 1. The Bertz CT molecular complexity index is 724. The van der Waals surface area contributed by atoms with E-state index in [9.17, 15) is 0 Å². The third-order valence-electron chi connectivity index (χ3n) is 4.20. The topological polar surface area (TPSA) is 49.9 Å². The molecule has 0 aliphatic heterocycles. The fourth-order valence-electron chi connectivity index (χ4n) is 2.73. The van der Waals surface area contributed by atoms with Crippen molar-refractivity contribution in [2.24, 2.45) is 0 Å². The van der Waals surface area contributed by atoms with Crippen LogP contribution in [0.5, 0.6) is 11.5 Å². The summed E-state index contributed by atoms with van der Waals surface area (Å²) in [6.07, 6.45) is 6.97. The van der Waals surface area contributed by atoms with Crippen molar-refractivity contribution in [1.29, 1.82) is 0 Å². The van der Waals surface area contributed by atoms with E-state index in [1.54, 1.807) is 6.33 Å². The van der Waals surface area contributed by atoms with E-state index < -0.39 is 0 Å². The number of hydrogen-bond acceptors (Lipinski definition) is 3. The Kier molecular flexibility index (Phi) is 6.23. The van der Waals surface area contributed by atoms with Crippen LogP contribution in [0.4, 0.5) is 0 Å². The zero-order valence-electron chi connectivity index (χ0n) is 14.6. The third kappa shape index (κ3) is 5.76. The van der Waals surface area contributed by atoms with E-state index in [0.29, 0.717) is 6.04 Å². The molecule has 3 aromatic rings. The van der Waals surface area contributed by atoms with Gasteiger partial charge in [-0.3, -0.25) is 0 Å². The predicted molar refractivity (Wildman–Crippen MR) is 101 cm³/mol. The van der Waals surface area contributed by atoms with E-state index in [4.69, 9.17) is 4.74 Å². The van der Waals surface area contributed by atoms with Crippen LogP contribution >= 0.6 is 0 Å². The monoisotopic (exact) mass is 335 g/mol. The van der Waals surface area contributed by atoms with Crippen LogP contribution in [0.1, 0.15) is 31.0 Å². The van der Waals surface area contributed by atoms with E-state index in [0.717, 1.165) is 43.0 Å². The number of aromatic amines is 1. The molecule has 0 fully saturated rings. The highest BCUT2D eigenvalue weighted by atomic mass is 16.5. The molecule has 0 spiro atoms. The minimum atomic E-state index is 0.490. The number of nitrogens with one attached hydrogen (secondary N) is 2. The van der Waals surface area contributed by atoms with Crippen molar-refractivity contribution in [3.05, 3.63) is 78.4 Å². The summed E-state index contributed by atoms with van der Waals surface area (Å²) in [4.78, 5) is 7.14. The normalized spacial score (nSPS) is 12.0. The summed E-state index contributed by atoms with van der Waals surface area (Å²) in [5.41, 5.74) is 2.47. The van der Waals surface area contributed by atoms with Crippen molar-refractivity contribution >= 4 is 0 Å². The second-order valence-electron chi connectivity index (χ2n) is 6.31. The van der Waals surface area contributed by atoms with E-state index >= 15 is 0 Å². The molecule has 2 aromatic carbocycles. The number of nitrogens with zero attached hydrogens (tertiary/aromatic N) is 1. The lowest BCUT2D eigenvalue weighted by Gasteiger charge is -2.13. The molecule has 130 valence electrons. The maximum Gasteiger partial charge on any atom is 0.127 e. The smallest absolute Gasteiger partial charge is 0.127 e. The molecular formula is C21H25N3O. The van der Waals surface area contributed by atoms with Gasteiger partial charge < -0.3 is 15.0 Å². The van der Waals surface area contributed by atoms with Gasteiger partial charge in [-0.25, -0.2) is 4.98 Å². The molecule has 2 N–H and O–H groups in total. The van der Waals surface area contributed by atoms with Gasteiger partial charge >= 0.3 is 0 Å².